The topological polar surface area (TPSA) is 0 Å². The van der Waals surface area contributed by atoms with Crippen molar-refractivity contribution in [3.63, 3.8) is 0 Å². The summed E-state index contributed by atoms with van der Waals surface area (Å²) in [6.07, 6.45) is 12.8. The Morgan fingerprint density at radius 2 is 0.409 bits per heavy atom. The van der Waals surface area contributed by atoms with Gasteiger partial charge in [0.25, 0.3) is 0 Å². The van der Waals surface area contributed by atoms with Gasteiger partial charge in [-0.15, -0.1) is 23.8 Å². The number of rotatable bonds is 9. The van der Waals surface area contributed by atoms with Crippen LogP contribution in [0, 0.1) is 0 Å². The number of hydrogen-bond donors (Lipinski definition) is 0. The molecule has 0 spiro atoms. The third-order valence-electron chi connectivity index (χ3n) is 4.02. The predicted molar refractivity (Wildman–Crippen MR) is 116 cm³/mol. The fourth-order valence-electron chi connectivity index (χ4n) is 2.01. The second kappa shape index (κ2) is 27.7. The Morgan fingerprint density at radius 1 is 0.318 bits per heavy atom. The van der Waals surface area contributed by atoms with Gasteiger partial charge in [-0.05, 0) is 55.5 Å². The summed E-state index contributed by atoms with van der Waals surface area (Å²) in [6.45, 7) is 20.6. The Balaban J connectivity index is -0.000000108. The zero-order valence-electron chi connectivity index (χ0n) is 17.2. The molecule has 0 aromatic rings. The van der Waals surface area contributed by atoms with E-state index in [0.717, 1.165) is 0 Å². The van der Waals surface area contributed by atoms with Crippen LogP contribution in [0.15, 0.2) is 0 Å². The van der Waals surface area contributed by atoms with Gasteiger partial charge in [0.1, 0.15) is 0 Å². The van der Waals surface area contributed by atoms with Gasteiger partial charge < -0.3 is 0 Å². The molecule has 0 N–H and O–H groups in total. The van der Waals surface area contributed by atoms with E-state index in [1.165, 1.54) is 55.5 Å². The van der Waals surface area contributed by atoms with Crippen molar-refractivity contribution in [3.05, 3.63) is 0 Å². The summed E-state index contributed by atoms with van der Waals surface area (Å²) >= 11 is 0. The summed E-state index contributed by atoms with van der Waals surface area (Å²) < 4.78 is 0. The van der Waals surface area contributed by atoms with Crippen LogP contribution in [0.1, 0.15) is 62.3 Å². The Labute approximate surface area is 159 Å². The fourth-order valence-corrected chi connectivity index (χ4v) is 6.04. The Morgan fingerprint density at radius 3 is 0.409 bits per heavy atom. The molecule has 0 fully saturated rings. The van der Waals surface area contributed by atoms with Crippen LogP contribution in [0.25, 0.3) is 0 Å². The maximum atomic E-state index is 2.29. The van der Waals surface area contributed by atoms with Gasteiger partial charge in [0.05, 0.1) is 0 Å². The molecule has 0 saturated carbocycles. The third kappa shape index (κ3) is 24.1. The van der Waals surface area contributed by atoms with Crippen molar-refractivity contribution in [2.24, 2.45) is 0 Å². The van der Waals surface area contributed by atoms with Gasteiger partial charge in [-0.25, -0.2) is 0 Å². The minimum absolute atomic E-state index is 0. The second-order valence-corrected chi connectivity index (χ2v) is 14.6. The van der Waals surface area contributed by atoms with Gasteiger partial charge >= 0.3 is 0 Å². The molecule has 0 amide bonds. The molecule has 0 bridgehead atoms. The molecule has 4 heteroatoms. The molecule has 0 saturated heterocycles. The molecule has 0 aliphatic carbocycles. The standard InChI is InChI=1S/3C6H15P.V/c3*1-4-7(5-2)6-3;/h3*4-6H2,1-3H3;. The van der Waals surface area contributed by atoms with Crippen LogP contribution in [-0.4, -0.2) is 55.5 Å². The van der Waals surface area contributed by atoms with Crippen molar-refractivity contribution in [2.75, 3.05) is 55.5 Å². The van der Waals surface area contributed by atoms with Crippen LogP contribution in [0.5, 0.6) is 0 Å². The van der Waals surface area contributed by atoms with Crippen LogP contribution in [0.4, 0.5) is 0 Å². The first-order valence-corrected chi connectivity index (χ1v) is 14.9. The summed E-state index contributed by atoms with van der Waals surface area (Å²) in [4.78, 5) is 0. The second-order valence-electron chi connectivity index (χ2n) is 4.86. The smallest absolute Gasteiger partial charge is 0 e. The Kier molecular flexibility index (Phi) is 39.8. The first-order chi connectivity index (χ1) is 10.0. The van der Waals surface area contributed by atoms with Crippen molar-refractivity contribution < 1.29 is 18.6 Å². The molecule has 0 aliphatic heterocycles. The van der Waals surface area contributed by atoms with E-state index >= 15 is 0 Å². The summed E-state index contributed by atoms with van der Waals surface area (Å²) in [7, 11) is 1.34. The average Bonchev–Trinajstić information content (AvgIpc) is 2.54. The van der Waals surface area contributed by atoms with E-state index in [-0.39, 0.29) is 18.6 Å². The van der Waals surface area contributed by atoms with Gasteiger partial charge in [-0.1, -0.05) is 62.3 Å². The molecule has 1 radical (unpaired) electrons. The first-order valence-electron chi connectivity index (χ1n) is 9.21. The van der Waals surface area contributed by atoms with Crippen LogP contribution in [0.2, 0.25) is 0 Å². The molecule has 0 heterocycles. The summed E-state index contributed by atoms with van der Waals surface area (Å²) in [5, 5.41) is 0. The molecule has 0 aromatic heterocycles. The van der Waals surface area contributed by atoms with Gasteiger partial charge in [0.15, 0.2) is 0 Å². The normalized spacial score (nSPS) is 9.82. The van der Waals surface area contributed by atoms with Crippen LogP contribution < -0.4 is 0 Å². The maximum absolute atomic E-state index is 2.29. The van der Waals surface area contributed by atoms with E-state index in [1.54, 1.807) is 0 Å². The van der Waals surface area contributed by atoms with Gasteiger partial charge in [-0.3, -0.25) is 0 Å². The summed E-state index contributed by atoms with van der Waals surface area (Å²) in [5.74, 6) is 0. The summed E-state index contributed by atoms with van der Waals surface area (Å²) in [5.41, 5.74) is 0. The molecule has 22 heavy (non-hydrogen) atoms. The van der Waals surface area contributed by atoms with E-state index in [4.69, 9.17) is 0 Å². The molecule has 137 valence electrons. The van der Waals surface area contributed by atoms with Gasteiger partial charge in [0, 0.05) is 18.6 Å². The molecule has 0 aliphatic rings. The van der Waals surface area contributed by atoms with E-state index in [0.29, 0.717) is 23.8 Å². The number of hydrogen-bond acceptors (Lipinski definition) is 0. The first kappa shape index (κ1) is 31.6. The molecular formula is C18H45P3V. The predicted octanol–water partition coefficient (Wildman–Crippen LogP) is 7.58. The Hall–Kier alpha value is 1.87. The third-order valence-corrected chi connectivity index (χ3v) is 12.1. The fraction of sp³-hybridized carbons (Fsp3) is 1.00. The largest absolute Gasteiger partial charge is 0.108 e. The SMILES string of the molecule is CCP(CC)CC.CCP(CC)CC.CCP(CC)CC.[V]. The molecule has 0 rings (SSSR count). The monoisotopic (exact) mass is 405 g/mol. The van der Waals surface area contributed by atoms with Crippen molar-refractivity contribution >= 4 is 23.8 Å². The molecule has 0 atom stereocenters. The van der Waals surface area contributed by atoms with Gasteiger partial charge in [0.2, 0.25) is 0 Å². The molecular weight excluding hydrogens is 360 g/mol. The zero-order chi connectivity index (χ0) is 17.1. The zero-order valence-corrected chi connectivity index (χ0v) is 21.2. The minimum atomic E-state index is 0. The molecule has 0 aromatic carbocycles. The van der Waals surface area contributed by atoms with Crippen molar-refractivity contribution in [1.82, 2.24) is 0 Å². The van der Waals surface area contributed by atoms with Crippen LogP contribution in [0.3, 0.4) is 0 Å². The molecule has 0 unspecified atom stereocenters. The van der Waals surface area contributed by atoms with E-state index < -0.39 is 0 Å². The maximum Gasteiger partial charge on any atom is 0 e. The quantitative estimate of drug-likeness (QED) is 0.347. The van der Waals surface area contributed by atoms with Crippen LogP contribution >= 0.6 is 23.8 Å². The molecule has 0 nitrogen and oxygen atoms in total. The summed E-state index contributed by atoms with van der Waals surface area (Å²) in [6, 6.07) is 0. The van der Waals surface area contributed by atoms with Crippen molar-refractivity contribution in [3.8, 4) is 0 Å². The minimum Gasteiger partial charge on any atom is -0.108 e. The van der Waals surface area contributed by atoms with Crippen LogP contribution in [-0.2, 0) is 18.6 Å². The van der Waals surface area contributed by atoms with E-state index in [9.17, 15) is 0 Å². The van der Waals surface area contributed by atoms with Crippen molar-refractivity contribution in [2.45, 2.75) is 62.3 Å². The van der Waals surface area contributed by atoms with Crippen molar-refractivity contribution in [1.29, 1.82) is 0 Å². The Bertz CT molecular complexity index is 111. The average molecular weight is 405 g/mol. The van der Waals surface area contributed by atoms with Gasteiger partial charge in [-0.2, -0.15) is 0 Å². The van der Waals surface area contributed by atoms with E-state index in [2.05, 4.69) is 62.3 Å². The van der Waals surface area contributed by atoms with E-state index in [1.807, 2.05) is 0 Å².